The zero-order valence-corrected chi connectivity index (χ0v) is 16.0. The highest BCUT2D eigenvalue weighted by atomic mass is 16.6. The van der Waals surface area contributed by atoms with Crippen molar-refractivity contribution in [1.82, 2.24) is 19.5 Å². The fourth-order valence-electron chi connectivity index (χ4n) is 3.19. The number of anilines is 2. The third kappa shape index (κ3) is 3.52. The maximum Gasteiger partial charge on any atom is 0.228 e. The van der Waals surface area contributed by atoms with Gasteiger partial charge in [0.15, 0.2) is 23.2 Å². The average molecular weight is 415 g/mol. The maximum absolute atomic E-state index is 10.4. The summed E-state index contributed by atoms with van der Waals surface area (Å²) in [5.41, 5.74) is 10.0. The number of nitrogen functional groups attached to an aromatic ring is 1. The molecule has 1 aliphatic rings. The van der Waals surface area contributed by atoms with Crippen molar-refractivity contribution in [3.8, 4) is 5.75 Å². The summed E-state index contributed by atoms with van der Waals surface area (Å²) in [5.74, 6) is 1.02. The van der Waals surface area contributed by atoms with E-state index < -0.39 is 31.1 Å². The predicted molar refractivity (Wildman–Crippen MR) is 107 cm³/mol. The third-order valence-electron chi connectivity index (χ3n) is 4.77. The number of nitrogens with one attached hydrogen (secondary N) is 1. The molecule has 0 unspecified atom stereocenters. The smallest absolute Gasteiger partial charge is 0.228 e. The van der Waals surface area contributed by atoms with Gasteiger partial charge in [0.25, 0.3) is 0 Å². The molecule has 1 aromatic carbocycles. The number of aromatic nitrogens is 4. The second kappa shape index (κ2) is 8.20. The number of nitrogens with two attached hydrogens (primary N) is 1. The van der Waals surface area contributed by atoms with Crippen LogP contribution >= 0.6 is 0 Å². The number of aliphatic hydroxyl groups is 3. The van der Waals surface area contributed by atoms with Crippen molar-refractivity contribution in [3.05, 3.63) is 36.2 Å². The van der Waals surface area contributed by atoms with Crippen molar-refractivity contribution in [2.24, 2.45) is 5.10 Å². The number of benzene rings is 1. The van der Waals surface area contributed by atoms with Gasteiger partial charge in [-0.1, -0.05) is 0 Å². The Balaban J connectivity index is 1.68. The van der Waals surface area contributed by atoms with Crippen LogP contribution in [0.5, 0.6) is 5.75 Å². The molecule has 0 bridgehead atoms. The highest BCUT2D eigenvalue weighted by Gasteiger charge is 2.45. The molecule has 12 nitrogen and oxygen atoms in total. The first-order chi connectivity index (χ1) is 14.5. The van der Waals surface area contributed by atoms with Crippen molar-refractivity contribution < 1.29 is 24.8 Å². The number of hydrazone groups is 1. The van der Waals surface area contributed by atoms with Gasteiger partial charge in [-0.3, -0.25) is 4.57 Å². The first-order valence-corrected chi connectivity index (χ1v) is 9.07. The lowest BCUT2D eigenvalue weighted by Gasteiger charge is -2.18. The molecule has 3 aromatic rings. The molecule has 6 N–H and O–H groups in total. The number of methoxy groups -OCH3 is 1. The predicted octanol–water partition coefficient (Wildman–Crippen LogP) is -0.525. The Kier molecular flexibility index (Phi) is 5.46. The molecule has 1 fully saturated rings. The zero-order valence-electron chi connectivity index (χ0n) is 16.0. The Morgan fingerprint density at radius 3 is 2.70 bits per heavy atom. The number of ether oxygens (including phenoxy) is 2. The van der Waals surface area contributed by atoms with Crippen LogP contribution in [-0.2, 0) is 4.74 Å². The summed E-state index contributed by atoms with van der Waals surface area (Å²) in [6.45, 7) is -0.461. The van der Waals surface area contributed by atoms with Gasteiger partial charge in [0, 0.05) is 0 Å². The SMILES string of the molecule is COc1ccc(/C=N\Nc2nc3c(N)ncnc3n2[C@@H]2O[C@H](CO)[C@@H](O)[C@H]2O)cc1. The maximum atomic E-state index is 10.4. The molecule has 0 aliphatic carbocycles. The van der Waals surface area contributed by atoms with E-state index in [4.69, 9.17) is 15.2 Å². The fraction of sp³-hybridized carbons (Fsp3) is 0.333. The van der Waals surface area contributed by atoms with Crippen LogP contribution in [0.1, 0.15) is 11.8 Å². The number of nitrogens with zero attached hydrogens (tertiary/aromatic N) is 5. The minimum atomic E-state index is -1.33. The molecule has 30 heavy (non-hydrogen) atoms. The van der Waals surface area contributed by atoms with Crippen LogP contribution in [0.2, 0.25) is 0 Å². The summed E-state index contributed by atoms with van der Waals surface area (Å²) < 4.78 is 12.2. The second-order valence-corrected chi connectivity index (χ2v) is 6.61. The molecule has 0 spiro atoms. The summed E-state index contributed by atoms with van der Waals surface area (Å²) in [7, 11) is 1.58. The molecular formula is C18H21N7O5. The number of fused-ring (bicyclic) bond motifs is 1. The standard InChI is InChI=1S/C18H21N7O5/c1-29-10-4-2-9(3-5-10)6-22-24-18-23-12-15(19)20-8-21-16(12)25(18)17-14(28)13(27)11(7-26)30-17/h2-6,8,11,13-14,17,26-28H,7H2,1H3,(H,23,24)(H2,19,20,21)/b22-6-/t11-,13-,14-,17-/m1/s1. The quantitative estimate of drug-likeness (QED) is 0.260. The normalized spacial score (nSPS) is 24.0. The molecule has 3 heterocycles. The van der Waals surface area contributed by atoms with Gasteiger partial charge in [0.05, 0.1) is 19.9 Å². The van der Waals surface area contributed by atoms with Gasteiger partial charge in [-0.2, -0.15) is 5.10 Å². The molecule has 158 valence electrons. The van der Waals surface area contributed by atoms with Crippen molar-refractivity contribution in [3.63, 3.8) is 0 Å². The topological polar surface area (TPSA) is 173 Å². The van der Waals surface area contributed by atoms with Crippen LogP contribution in [0.3, 0.4) is 0 Å². The number of hydrogen-bond donors (Lipinski definition) is 5. The molecule has 1 aliphatic heterocycles. The van der Waals surface area contributed by atoms with Crippen LogP contribution in [0.25, 0.3) is 11.2 Å². The summed E-state index contributed by atoms with van der Waals surface area (Å²) in [4.78, 5) is 12.4. The number of imidazole rings is 1. The van der Waals surface area contributed by atoms with Crippen molar-refractivity contribution in [2.75, 3.05) is 24.9 Å². The highest BCUT2D eigenvalue weighted by molar-refractivity contribution is 5.84. The zero-order chi connectivity index (χ0) is 21.3. The molecule has 0 radical (unpaired) electrons. The molecule has 0 saturated carbocycles. The van der Waals surface area contributed by atoms with E-state index in [0.29, 0.717) is 0 Å². The van der Waals surface area contributed by atoms with Gasteiger partial charge in [0.1, 0.15) is 30.4 Å². The van der Waals surface area contributed by atoms with Crippen LogP contribution < -0.4 is 15.9 Å². The molecule has 0 amide bonds. The van der Waals surface area contributed by atoms with Gasteiger partial charge in [0.2, 0.25) is 5.95 Å². The van der Waals surface area contributed by atoms with Crippen molar-refractivity contribution in [1.29, 1.82) is 0 Å². The minimum absolute atomic E-state index is 0.132. The monoisotopic (exact) mass is 415 g/mol. The lowest BCUT2D eigenvalue weighted by Crippen LogP contribution is -2.33. The minimum Gasteiger partial charge on any atom is -0.497 e. The van der Waals surface area contributed by atoms with Crippen LogP contribution in [0.15, 0.2) is 35.7 Å². The number of aliphatic hydroxyl groups excluding tert-OH is 3. The van der Waals surface area contributed by atoms with Crippen molar-refractivity contribution >= 4 is 29.1 Å². The van der Waals surface area contributed by atoms with Crippen LogP contribution in [0.4, 0.5) is 11.8 Å². The van der Waals surface area contributed by atoms with Gasteiger partial charge in [-0.15, -0.1) is 0 Å². The Morgan fingerprint density at radius 2 is 2.03 bits per heavy atom. The number of hydrogen-bond acceptors (Lipinski definition) is 11. The lowest BCUT2D eigenvalue weighted by atomic mass is 10.1. The molecule has 12 heteroatoms. The fourth-order valence-corrected chi connectivity index (χ4v) is 3.19. The third-order valence-corrected chi connectivity index (χ3v) is 4.77. The van der Waals surface area contributed by atoms with E-state index in [9.17, 15) is 15.3 Å². The molecule has 4 atom stereocenters. The number of rotatable bonds is 6. The second-order valence-electron chi connectivity index (χ2n) is 6.61. The van der Waals surface area contributed by atoms with E-state index in [1.54, 1.807) is 25.5 Å². The average Bonchev–Trinajstić information content (AvgIpc) is 3.26. The first kappa shape index (κ1) is 20.0. The summed E-state index contributed by atoms with van der Waals surface area (Å²) in [5, 5.41) is 34.1. The highest BCUT2D eigenvalue weighted by Crippen LogP contribution is 2.35. The summed E-state index contributed by atoms with van der Waals surface area (Å²) >= 11 is 0. The van der Waals surface area contributed by atoms with Gasteiger partial charge >= 0.3 is 0 Å². The summed E-state index contributed by atoms with van der Waals surface area (Å²) in [6.07, 6.45) is -1.83. The lowest BCUT2D eigenvalue weighted by molar-refractivity contribution is -0.0501. The molecule has 1 saturated heterocycles. The van der Waals surface area contributed by atoms with Gasteiger partial charge < -0.3 is 30.5 Å². The Bertz CT molecular complexity index is 1060. The van der Waals surface area contributed by atoms with Crippen molar-refractivity contribution in [2.45, 2.75) is 24.5 Å². The molecule has 2 aromatic heterocycles. The van der Waals surface area contributed by atoms with Gasteiger partial charge in [-0.05, 0) is 29.8 Å². The summed E-state index contributed by atoms with van der Waals surface area (Å²) in [6, 6.07) is 7.24. The van der Waals surface area contributed by atoms with E-state index in [0.717, 1.165) is 11.3 Å². The Hall–Kier alpha value is -3.32. The Morgan fingerprint density at radius 1 is 1.27 bits per heavy atom. The molecular weight excluding hydrogens is 394 g/mol. The van der Waals surface area contributed by atoms with E-state index in [1.165, 1.54) is 10.9 Å². The Labute approximate surface area is 170 Å². The van der Waals surface area contributed by atoms with Crippen LogP contribution in [0, 0.1) is 0 Å². The van der Waals surface area contributed by atoms with E-state index in [1.807, 2.05) is 12.1 Å². The first-order valence-electron chi connectivity index (χ1n) is 9.07. The van der Waals surface area contributed by atoms with Gasteiger partial charge in [-0.25, -0.2) is 20.4 Å². The van der Waals surface area contributed by atoms with E-state index in [2.05, 4.69) is 25.5 Å². The molecule has 4 rings (SSSR count). The van der Waals surface area contributed by atoms with Crippen LogP contribution in [-0.4, -0.2) is 73.1 Å². The van der Waals surface area contributed by atoms with E-state index >= 15 is 0 Å². The largest absolute Gasteiger partial charge is 0.497 e. The van der Waals surface area contributed by atoms with E-state index in [-0.39, 0.29) is 22.9 Å².